The Morgan fingerprint density at radius 2 is 1.80 bits per heavy atom. The van der Waals surface area contributed by atoms with Crippen LogP contribution in [0, 0.1) is 0 Å². The molecule has 1 amide bonds. The maximum Gasteiger partial charge on any atom is 0.253 e. The number of para-hydroxylation sites is 1. The second-order valence-corrected chi connectivity index (χ2v) is 8.96. The number of amides is 1. The van der Waals surface area contributed by atoms with Crippen molar-refractivity contribution in [1.29, 1.82) is 0 Å². The number of nitrogens with zero attached hydrogens (tertiary/aromatic N) is 3. The lowest BCUT2D eigenvalue weighted by atomic mass is 10.2. The maximum atomic E-state index is 12.7. The Labute approximate surface area is 177 Å². The van der Waals surface area contributed by atoms with Crippen molar-refractivity contribution < 1.29 is 13.2 Å². The van der Waals surface area contributed by atoms with E-state index in [1.165, 1.54) is 24.3 Å². The highest BCUT2D eigenvalue weighted by atomic mass is 32.2. The summed E-state index contributed by atoms with van der Waals surface area (Å²) in [5.41, 5.74) is 2.27. The molecule has 1 atom stereocenters. The summed E-state index contributed by atoms with van der Waals surface area (Å²) in [6.07, 6.45) is 4.31. The summed E-state index contributed by atoms with van der Waals surface area (Å²) in [7, 11) is -1.89. The lowest BCUT2D eigenvalue weighted by Crippen LogP contribution is -2.32. The van der Waals surface area contributed by atoms with E-state index in [-0.39, 0.29) is 16.8 Å². The average molecular weight is 427 g/mol. The molecule has 0 saturated carbocycles. The highest BCUT2D eigenvalue weighted by molar-refractivity contribution is 7.89. The first kappa shape index (κ1) is 21.7. The van der Waals surface area contributed by atoms with E-state index >= 15 is 0 Å². The van der Waals surface area contributed by atoms with Gasteiger partial charge in [-0.2, -0.15) is 5.10 Å². The summed E-state index contributed by atoms with van der Waals surface area (Å²) in [6, 6.07) is 15.6. The van der Waals surface area contributed by atoms with E-state index in [4.69, 9.17) is 0 Å². The normalized spacial score (nSPS) is 12.5. The van der Waals surface area contributed by atoms with Crippen LogP contribution in [0.15, 0.2) is 71.9 Å². The zero-order chi connectivity index (χ0) is 21.7. The highest BCUT2D eigenvalue weighted by Gasteiger charge is 2.18. The minimum atomic E-state index is -3.59. The van der Waals surface area contributed by atoms with E-state index in [0.29, 0.717) is 18.5 Å². The Kier molecular flexibility index (Phi) is 6.69. The number of sulfonamides is 1. The Morgan fingerprint density at radius 3 is 2.43 bits per heavy atom. The molecule has 1 heterocycles. The maximum absolute atomic E-state index is 12.7. The molecule has 0 aliphatic rings. The summed E-state index contributed by atoms with van der Waals surface area (Å²) in [6.45, 7) is 4.11. The molecule has 30 heavy (non-hydrogen) atoms. The van der Waals surface area contributed by atoms with Gasteiger partial charge in [0.25, 0.3) is 5.91 Å². The number of carbonyl (C=O) groups excluding carboxylic acids is 1. The first-order chi connectivity index (χ1) is 14.3. The smallest absolute Gasteiger partial charge is 0.253 e. The lowest BCUT2D eigenvalue weighted by Gasteiger charge is -2.17. The Hall–Kier alpha value is -2.97. The van der Waals surface area contributed by atoms with Gasteiger partial charge in [-0.1, -0.05) is 25.1 Å². The molecule has 2 aromatic carbocycles. The first-order valence-electron chi connectivity index (χ1n) is 9.77. The third kappa shape index (κ3) is 5.14. The van der Waals surface area contributed by atoms with Gasteiger partial charge in [-0.15, -0.1) is 0 Å². The van der Waals surface area contributed by atoms with Crippen LogP contribution in [0.3, 0.4) is 0 Å². The Balaban J connectivity index is 1.67. The molecule has 1 N–H and O–H groups in total. The van der Waals surface area contributed by atoms with Crippen LogP contribution in [0.2, 0.25) is 0 Å². The fraction of sp³-hybridized carbons (Fsp3) is 0.273. The first-order valence-corrected chi connectivity index (χ1v) is 11.3. The molecule has 1 aromatic heterocycles. The van der Waals surface area contributed by atoms with Crippen molar-refractivity contribution in [1.82, 2.24) is 19.4 Å². The van der Waals surface area contributed by atoms with Gasteiger partial charge in [-0.3, -0.25) is 4.79 Å². The second-order valence-electron chi connectivity index (χ2n) is 7.24. The fourth-order valence-electron chi connectivity index (χ4n) is 2.92. The molecule has 0 spiro atoms. The van der Waals surface area contributed by atoms with Crippen LogP contribution < -0.4 is 4.72 Å². The van der Waals surface area contributed by atoms with Gasteiger partial charge < -0.3 is 4.90 Å². The van der Waals surface area contributed by atoms with Crippen molar-refractivity contribution in [3.05, 3.63) is 78.1 Å². The summed E-state index contributed by atoms with van der Waals surface area (Å²) < 4.78 is 29.1. The highest BCUT2D eigenvalue weighted by Crippen LogP contribution is 2.15. The van der Waals surface area contributed by atoms with E-state index < -0.39 is 10.0 Å². The predicted octanol–water partition coefficient (Wildman–Crippen LogP) is 3.22. The van der Waals surface area contributed by atoms with Crippen molar-refractivity contribution in [3.63, 3.8) is 0 Å². The standard InChI is InChI=1S/C22H26N4O3S/c1-4-17(2)24-30(28,29)21-12-10-19(11-13-21)22(27)25(3)15-18-14-23-26(16-18)20-8-6-5-7-9-20/h5-14,16-17,24H,4,15H2,1-3H3. The SMILES string of the molecule is CCC(C)NS(=O)(=O)c1ccc(C(=O)N(C)Cc2cnn(-c3ccccc3)c2)cc1. The van der Waals surface area contributed by atoms with Crippen LogP contribution in [0.1, 0.15) is 36.2 Å². The van der Waals surface area contributed by atoms with Gasteiger partial charge in [0.05, 0.1) is 16.8 Å². The number of hydrogen-bond acceptors (Lipinski definition) is 4. The van der Waals surface area contributed by atoms with Crippen molar-refractivity contribution in [2.45, 2.75) is 37.8 Å². The third-order valence-corrected chi connectivity index (χ3v) is 6.41. The van der Waals surface area contributed by atoms with Crippen LogP contribution in [-0.4, -0.2) is 42.1 Å². The Bertz CT molecular complexity index is 1090. The third-order valence-electron chi connectivity index (χ3n) is 4.80. The Morgan fingerprint density at radius 1 is 1.13 bits per heavy atom. The van der Waals surface area contributed by atoms with E-state index in [2.05, 4.69) is 9.82 Å². The number of nitrogens with one attached hydrogen (secondary N) is 1. The van der Waals surface area contributed by atoms with Gasteiger partial charge in [0, 0.05) is 37.0 Å². The zero-order valence-electron chi connectivity index (χ0n) is 17.3. The lowest BCUT2D eigenvalue weighted by molar-refractivity contribution is 0.0785. The van der Waals surface area contributed by atoms with E-state index in [0.717, 1.165) is 11.3 Å². The van der Waals surface area contributed by atoms with Gasteiger partial charge >= 0.3 is 0 Å². The van der Waals surface area contributed by atoms with Crippen molar-refractivity contribution >= 4 is 15.9 Å². The summed E-state index contributed by atoms with van der Waals surface area (Å²) in [5.74, 6) is -0.193. The van der Waals surface area contributed by atoms with Crippen LogP contribution >= 0.6 is 0 Å². The van der Waals surface area contributed by atoms with Crippen LogP contribution in [0.25, 0.3) is 5.69 Å². The van der Waals surface area contributed by atoms with Gasteiger partial charge in [0.15, 0.2) is 0 Å². The predicted molar refractivity (Wildman–Crippen MR) is 116 cm³/mol. The largest absolute Gasteiger partial charge is 0.337 e. The number of aromatic nitrogens is 2. The number of rotatable bonds is 8. The van der Waals surface area contributed by atoms with Gasteiger partial charge in [-0.25, -0.2) is 17.8 Å². The van der Waals surface area contributed by atoms with Gasteiger partial charge in [0.2, 0.25) is 10.0 Å². The molecule has 0 saturated heterocycles. The van der Waals surface area contributed by atoms with Crippen molar-refractivity contribution in [2.24, 2.45) is 0 Å². The van der Waals surface area contributed by atoms with Crippen LogP contribution in [0.5, 0.6) is 0 Å². The minimum Gasteiger partial charge on any atom is -0.337 e. The molecule has 0 aliphatic heterocycles. The monoisotopic (exact) mass is 426 g/mol. The molecule has 0 aliphatic carbocycles. The molecule has 0 radical (unpaired) electrons. The number of benzene rings is 2. The van der Waals surface area contributed by atoms with E-state index in [1.807, 2.05) is 50.4 Å². The van der Waals surface area contributed by atoms with Gasteiger partial charge in [0.1, 0.15) is 0 Å². The van der Waals surface area contributed by atoms with Crippen LogP contribution in [-0.2, 0) is 16.6 Å². The quantitative estimate of drug-likeness (QED) is 0.599. The van der Waals surface area contributed by atoms with Gasteiger partial charge in [-0.05, 0) is 49.7 Å². The molecule has 0 bridgehead atoms. The minimum absolute atomic E-state index is 0.145. The number of carbonyl (C=O) groups is 1. The van der Waals surface area contributed by atoms with Crippen molar-refractivity contribution in [3.8, 4) is 5.69 Å². The molecule has 158 valence electrons. The summed E-state index contributed by atoms with van der Waals surface area (Å²) in [4.78, 5) is 14.5. The summed E-state index contributed by atoms with van der Waals surface area (Å²) >= 11 is 0. The molecule has 1 unspecified atom stereocenters. The number of hydrogen-bond donors (Lipinski definition) is 1. The molecule has 0 fully saturated rings. The molecule has 7 nitrogen and oxygen atoms in total. The van der Waals surface area contributed by atoms with E-state index in [9.17, 15) is 13.2 Å². The summed E-state index contributed by atoms with van der Waals surface area (Å²) in [5, 5.41) is 4.35. The molecule has 8 heteroatoms. The topological polar surface area (TPSA) is 84.3 Å². The molecule has 3 rings (SSSR count). The zero-order valence-corrected chi connectivity index (χ0v) is 18.1. The fourth-order valence-corrected chi connectivity index (χ4v) is 4.25. The molecule has 3 aromatic rings. The van der Waals surface area contributed by atoms with Crippen molar-refractivity contribution in [2.75, 3.05) is 7.05 Å². The van der Waals surface area contributed by atoms with E-state index in [1.54, 1.807) is 22.8 Å². The van der Waals surface area contributed by atoms with Crippen LogP contribution in [0.4, 0.5) is 0 Å². The average Bonchev–Trinajstić information content (AvgIpc) is 3.22. The second kappa shape index (κ2) is 9.23. The molecular weight excluding hydrogens is 400 g/mol. The molecular formula is C22H26N4O3S.